The fraction of sp³-hybridized carbons (Fsp3) is 0. The molecule has 3 nitrogen and oxygen atoms in total. The molecule has 342 valence electrons. The Morgan fingerprint density at radius 2 is 0.493 bits per heavy atom. The predicted octanol–water partition coefficient (Wildman–Crippen LogP) is 18.6. The standard InChI is InChI=1S/C70H47N3/c1-3-18-48(19-4-1)50-22-11-24-52(40-50)54-26-13-27-55(42-54)56-28-14-29-57(43-56)58-30-15-32-60(44-58)66-47-67(61-33-17-35-63(46-61)73-68-38-9-7-36-64(68)65-37-8-10-39-69(65)73)72-70(71-66)62-34-16-31-59(45-62)53-25-12-23-51(41-53)49-20-5-2-6-21-49/h1-47H. The van der Waals surface area contributed by atoms with Gasteiger partial charge in [0.25, 0.3) is 0 Å². The molecule has 73 heavy (non-hydrogen) atoms. The van der Waals surface area contributed by atoms with Crippen LogP contribution in [0.5, 0.6) is 0 Å². The Balaban J connectivity index is 0.896. The highest BCUT2D eigenvalue weighted by Gasteiger charge is 2.16. The molecule has 2 heterocycles. The van der Waals surface area contributed by atoms with E-state index in [1.807, 2.05) is 0 Å². The second-order valence-electron chi connectivity index (χ2n) is 18.6. The van der Waals surface area contributed by atoms with Crippen molar-refractivity contribution in [1.82, 2.24) is 14.5 Å². The van der Waals surface area contributed by atoms with Gasteiger partial charge in [-0.05, 0) is 133 Å². The van der Waals surface area contributed by atoms with E-state index >= 15 is 0 Å². The lowest BCUT2D eigenvalue weighted by molar-refractivity contribution is 1.16. The highest BCUT2D eigenvalue weighted by Crippen LogP contribution is 2.37. The Hall–Kier alpha value is -9.70. The molecule has 0 aliphatic carbocycles. The van der Waals surface area contributed by atoms with Crippen molar-refractivity contribution in [3.63, 3.8) is 0 Å². The van der Waals surface area contributed by atoms with Gasteiger partial charge in [-0.25, -0.2) is 9.97 Å². The zero-order valence-electron chi connectivity index (χ0n) is 40.0. The summed E-state index contributed by atoms with van der Waals surface area (Å²) >= 11 is 0. The van der Waals surface area contributed by atoms with Gasteiger partial charge in [-0.15, -0.1) is 0 Å². The SMILES string of the molecule is c1ccc(-c2cccc(-c3cccc(-c4cccc(-c5cccc(-c6cc(-c7cccc(-n8c9ccccc9c9ccccc98)c7)nc(-c7cccc(-c8cccc(-c9ccccc9)c8)c7)n6)c5)c4)c3)c2)cc1. The average Bonchev–Trinajstić information content (AvgIpc) is 3.82. The third kappa shape index (κ3) is 8.60. The summed E-state index contributed by atoms with van der Waals surface area (Å²) < 4.78 is 2.36. The summed E-state index contributed by atoms with van der Waals surface area (Å²) in [6.07, 6.45) is 0. The summed E-state index contributed by atoms with van der Waals surface area (Å²) in [4.78, 5) is 10.8. The molecule has 0 saturated heterocycles. The number of aromatic nitrogens is 3. The van der Waals surface area contributed by atoms with Gasteiger partial charge in [0.15, 0.2) is 5.82 Å². The molecule has 13 rings (SSSR count). The minimum absolute atomic E-state index is 0.664. The largest absolute Gasteiger partial charge is 0.309 e. The van der Waals surface area contributed by atoms with E-state index < -0.39 is 0 Å². The van der Waals surface area contributed by atoms with E-state index in [9.17, 15) is 0 Å². The Labute approximate surface area is 425 Å². The van der Waals surface area contributed by atoms with Crippen molar-refractivity contribution in [3.05, 3.63) is 285 Å². The molecule has 0 saturated carbocycles. The molecule has 0 aliphatic rings. The van der Waals surface area contributed by atoms with Gasteiger partial charge in [-0.3, -0.25) is 0 Å². The first-order chi connectivity index (χ1) is 36.1. The van der Waals surface area contributed by atoms with E-state index in [1.54, 1.807) is 0 Å². The van der Waals surface area contributed by atoms with Crippen LogP contribution in [0, 0.1) is 0 Å². The van der Waals surface area contributed by atoms with Crippen LogP contribution in [0.15, 0.2) is 285 Å². The summed E-state index contributed by atoms with van der Waals surface area (Å²) in [5.74, 6) is 0.664. The second kappa shape index (κ2) is 18.9. The van der Waals surface area contributed by atoms with Crippen LogP contribution in [0.1, 0.15) is 0 Å². The number of fused-ring (bicyclic) bond motifs is 3. The third-order valence-corrected chi connectivity index (χ3v) is 14.0. The van der Waals surface area contributed by atoms with Gasteiger partial charge in [0.2, 0.25) is 0 Å². The summed E-state index contributed by atoms with van der Waals surface area (Å²) in [6.45, 7) is 0. The molecule has 0 atom stereocenters. The van der Waals surface area contributed by atoms with E-state index in [-0.39, 0.29) is 0 Å². The number of hydrogen-bond donors (Lipinski definition) is 0. The van der Waals surface area contributed by atoms with Crippen LogP contribution in [-0.2, 0) is 0 Å². The van der Waals surface area contributed by atoms with Crippen molar-refractivity contribution in [3.8, 4) is 106 Å². The number of rotatable bonds is 10. The monoisotopic (exact) mass is 929 g/mol. The van der Waals surface area contributed by atoms with Crippen molar-refractivity contribution in [2.75, 3.05) is 0 Å². The summed E-state index contributed by atoms with van der Waals surface area (Å²) in [5.41, 5.74) is 22.1. The summed E-state index contributed by atoms with van der Waals surface area (Å²) in [7, 11) is 0. The fourth-order valence-electron chi connectivity index (χ4n) is 10.3. The topological polar surface area (TPSA) is 30.7 Å². The molecule has 0 radical (unpaired) electrons. The van der Waals surface area contributed by atoms with Gasteiger partial charge >= 0.3 is 0 Å². The first kappa shape index (κ1) is 43.3. The lowest BCUT2D eigenvalue weighted by Gasteiger charge is -2.13. The van der Waals surface area contributed by atoms with Crippen molar-refractivity contribution in [2.24, 2.45) is 0 Å². The van der Waals surface area contributed by atoms with Crippen LogP contribution in [0.4, 0.5) is 0 Å². The molecule has 2 aromatic heterocycles. The zero-order valence-corrected chi connectivity index (χ0v) is 40.0. The van der Waals surface area contributed by atoms with Crippen molar-refractivity contribution < 1.29 is 0 Å². The number of para-hydroxylation sites is 2. The van der Waals surface area contributed by atoms with E-state index in [2.05, 4.69) is 290 Å². The molecule has 0 unspecified atom stereocenters. The summed E-state index contributed by atoms with van der Waals surface area (Å²) in [6, 6.07) is 102. The molecular formula is C70H47N3. The minimum atomic E-state index is 0.664. The summed E-state index contributed by atoms with van der Waals surface area (Å²) in [5, 5.41) is 2.46. The number of benzene rings is 11. The first-order valence-electron chi connectivity index (χ1n) is 24.9. The Morgan fingerprint density at radius 1 is 0.205 bits per heavy atom. The first-order valence-corrected chi connectivity index (χ1v) is 24.9. The maximum absolute atomic E-state index is 5.40. The zero-order chi connectivity index (χ0) is 48.5. The molecule has 0 N–H and O–H groups in total. The van der Waals surface area contributed by atoms with Crippen molar-refractivity contribution >= 4 is 21.8 Å². The molecule has 0 spiro atoms. The van der Waals surface area contributed by atoms with Gasteiger partial charge in [0.1, 0.15) is 0 Å². The number of hydrogen-bond acceptors (Lipinski definition) is 2. The molecule has 0 fully saturated rings. The minimum Gasteiger partial charge on any atom is -0.309 e. The fourth-order valence-corrected chi connectivity index (χ4v) is 10.3. The molecule has 13 aromatic rings. The Kier molecular flexibility index (Phi) is 11.2. The highest BCUT2D eigenvalue weighted by molar-refractivity contribution is 6.09. The number of nitrogens with zero attached hydrogens (tertiary/aromatic N) is 3. The third-order valence-electron chi connectivity index (χ3n) is 14.0. The van der Waals surface area contributed by atoms with Crippen molar-refractivity contribution in [1.29, 1.82) is 0 Å². The van der Waals surface area contributed by atoms with Crippen LogP contribution >= 0.6 is 0 Å². The normalized spacial score (nSPS) is 11.3. The molecule has 11 aromatic carbocycles. The Bertz CT molecular complexity index is 4100. The lowest BCUT2D eigenvalue weighted by atomic mass is 9.94. The average molecular weight is 930 g/mol. The smallest absolute Gasteiger partial charge is 0.160 e. The predicted molar refractivity (Wildman–Crippen MR) is 305 cm³/mol. The highest BCUT2D eigenvalue weighted by atomic mass is 15.0. The Morgan fingerprint density at radius 3 is 0.918 bits per heavy atom. The lowest BCUT2D eigenvalue weighted by Crippen LogP contribution is -1.98. The quantitative estimate of drug-likeness (QED) is 0.137. The maximum atomic E-state index is 5.40. The van der Waals surface area contributed by atoms with Gasteiger partial charge < -0.3 is 4.57 Å². The van der Waals surface area contributed by atoms with Crippen LogP contribution in [0.25, 0.3) is 128 Å². The van der Waals surface area contributed by atoms with E-state index in [4.69, 9.17) is 9.97 Å². The maximum Gasteiger partial charge on any atom is 0.160 e. The molecule has 0 amide bonds. The molecule has 0 bridgehead atoms. The van der Waals surface area contributed by atoms with Crippen molar-refractivity contribution in [2.45, 2.75) is 0 Å². The molecule has 0 aliphatic heterocycles. The van der Waals surface area contributed by atoms with Crippen LogP contribution in [-0.4, -0.2) is 14.5 Å². The van der Waals surface area contributed by atoms with E-state index in [1.165, 1.54) is 60.8 Å². The van der Waals surface area contributed by atoms with Gasteiger partial charge in [0.05, 0.1) is 22.4 Å². The van der Waals surface area contributed by atoms with E-state index in [0.717, 1.165) is 61.6 Å². The van der Waals surface area contributed by atoms with Gasteiger partial charge in [0, 0.05) is 33.2 Å². The van der Waals surface area contributed by atoms with E-state index in [0.29, 0.717) is 5.82 Å². The van der Waals surface area contributed by atoms with Crippen LogP contribution in [0.2, 0.25) is 0 Å². The van der Waals surface area contributed by atoms with Crippen LogP contribution < -0.4 is 0 Å². The van der Waals surface area contributed by atoms with Gasteiger partial charge in [-0.1, -0.05) is 218 Å². The van der Waals surface area contributed by atoms with Crippen LogP contribution in [0.3, 0.4) is 0 Å². The van der Waals surface area contributed by atoms with Gasteiger partial charge in [-0.2, -0.15) is 0 Å². The molecule has 3 heteroatoms. The molecular weight excluding hydrogens is 883 g/mol. The second-order valence-corrected chi connectivity index (χ2v) is 18.6.